The monoisotopic (exact) mass is 201 g/mol. The van der Waals surface area contributed by atoms with Crippen LogP contribution >= 0.6 is 0 Å². The Morgan fingerprint density at radius 1 is 1.64 bits per heavy atom. The van der Waals surface area contributed by atoms with Crippen molar-refractivity contribution in [1.82, 2.24) is 5.32 Å². The number of hydrogen-bond acceptors (Lipinski definition) is 3. The minimum absolute atomic E-state index is 0.105. The number of rotatable bonds is 5. The molecule has 0 spiro atoms. The van der Waals surface area contributed by atoms with E-state index in [4.69, 9.17) is 9.84 Å². The van der Waals surface area contributed by atoms with Crippen LogP contribution in [-0.2, 0) is 9.53 Å². The van der Waals surface area contributed by atoms with Crippen molar-refractivity contribution in [1.29, 1.82) is 0 Å². The Morgan fingerprint density at radius 2 is 2.36 bits per heavy atom. The van der Waals surface area contributed by atoms with Gasteiger partial charge in [-0.05, 0) is 18.8 Å². The molecule has 0 aromatic rings. The van der Waals surface area contributed by atoms with Crippen molar-refractivity contribution in [3.05, 3.63) is 0 Å². The molecule has 0 saturated carbocycles. The summed E-state index contributed by atoms with van der Waals surface area (Å²) in [5.41, 5.74) is 0. The molecular formula is C10H19NO3. The Morgan fingerprint density at radius 3 is 2.79 bits per heavy atom. The molecule has 4 nitrogen and oxygen atoms in total. The van der Waals surface area contributed by atoms with Gasteiger partial charge in [0.15, 0.2) is 0 Å². The Bertz CT molecular complexity index is 188. The Hall–Kier alpha value is -0.610. The van der Waals surface area contributed by atoms with Gasteiger partial charge in [-0.2, -0.15) is 0 Å². The van der Waals surface area contributed by atoms with Crippen LogP contribution in [0.15, 0.2) is 0 Å². The first kappa shape index (κ1) is 11.5. The van der Waals surface area contributed by atoms with E-state index in [1.54, 1.807) is 0 Å². The molecule has 0 unspecified atom stereocenters. The molecule has 82 valence electrons. The van der Waals surface area contributed by atoms with Gasteiger partial charge in [0.25, 0.3) is 0 Å². The predicted molar refractivity (Wildman–Crippen MR) is 53.2 cm³/mol. The Balaban J connectivity index is 2.28. The summed E-state index contributed by atoms with van der Waals surface area (Å²) < 4.78 is 5.41. The number of carboxylic acids is 1. The molecule has 2 N–H and O–H groups in total. The van der Waals surface area contributed by atoms with E-state index in [1.807, 2.05) is 13.8 Å². The van der Waals surface area contributed by atoms with E-state index in [9.17, 15) is 4.79 Å². The van der Waals surface area contributed by atoms with Crippen molar-refractivity contribution in [2.75, 3.05) is 13.2 Å². The maximum absolute atomic E-state index is 10.8. The average molecular weight is 201 g/mol. The zero-order valence-electron chi connectivity index (χ0n) is 8.82. The fourth-order valence-electron chi connectivity index (χ4n) is 1.67. The topological polar surface area (TPSA) is 58.6 Å². The minimum Gasteiger partial charge on any atom is -0.480 e. The first-order valence-electron chi connectivity index (χ1n) is 5.19. The molecule has 0 radical (unpaired) electrons. The predicted octanol–water partition coefficient (Wildman–Crippen LogP) is 0.864. The second-order valence-corrected chi connectivity index (χ2v) is 4.10. The Labute approximate surface area is 84.6 Å². The van der Waals surface area contributed by atoms with Crippen molar-refractivity contribution in [2.24, 2.45) is 5.92 Å². The molecule has 0 aliphatic carbocycles. The van der Waals surface area contributed by atoms with Gasteiger partial charge in [0, 0.05) is 13.2 Å². The van der Waals surface area contributed by atoms with Gasteiger partial charge in [0.1, 0.15) is 6.04 Å². The van der Waals surface area contributed by atoms with E-state index >= 15 is 0 Å². The first-order chi connectivity index (χ1) is 6.61. The van der Waals surface area contributed by atoms with Crippen LogP contribution in [0.4, 0.5) is 0 Å². The zero-order chi connectivity index (χ0) is 10.6. The molecule has 0 aromatic heterocycles. The summed E-state index contributed by atoms with van der Waals surface area (Å²) >= 11 is 0. The number of aliphatic carboxylic acids is 1. The highest BCUT2D eigenvalue weighted by atomic mass is 16.5. The molecule has 0 bridgehead atoms. The number of nitrogens with one attached hydrogen (secondary N) is 1. The van der Waals surface area contributed by atoms with Crippen LogP contribution in [0, 0.1) is 5.92 Å². The van der Waals surface area contributed by atoms with Gasteiger partial charge in [-0.1, -0.05) is 13.8 Å². The van der Waals surface area contributed by atoms with Gasteiger partial charge in [-0.25, -0.2) is 0 Å². The van der Waals surface area contributed by atoms with Crippen LogP contribution in [0.5, 0.6) is 0 Å². The molecule has 1 fully saturated rings. The van der Waals surface area contributed by atoms with Crippen LogP contribution in [0.25, 0.3) is 0 Å². The van der Waals surface area contributed by atoms with Crippen molar-refractivity contribution in [3.8, 4) is 0 Å². The molecular weight excluding hydrogens is 182 g/mol. The number of carbonyl (C=O) groups is 1. The molecule has 14 heavy (non-hydrogen) atoms. The van der Waals surface area contributed by atoms with E-state index in [0.29, 0.717) is 6.54 Å². The maximum atomic E-state index is 10.8. The molecule has 1 aliphatic rings. The van der Waals surface area contributed by atoms with Crippen LogP contribution < -0.4 is 5.32 Å². The molecule has 2 atom stereocenters. The summed E-state index contributed by atoms with van der Waals surface area (Å²) in [4.78, 5) is 10.8. The average Bonchev–Trinajstić information content (AvgIpc) is 2.55. The number of carboxylic acid groups (broad SMARTS) is 1. The molecule has 1 heterocycles. The van der Waals surface area contributed by atoms with Crippen molar-refractivity contribution >= 4 is 5.97 Å². The second-order valence-electron chi connectivity index (χ2n) is 4.10. The van der Waals surface area contributed by atoms with Crippen molar-refractivity contribution in [3.63, 3.8) is 0 Å². The third-order valence-electron chi connectivity index (χ3n) is 2.52. The van der Waals surface area contributed by atoms with Gasteiger partial charge in [-0.3, -0.25) is 4.79 Å². The standard InChI is InChI=1S/C10H19NO3/c1-7(2)9(10(12)13)11-6-8-4-3-5-14-8/h7-9,11H,3-6H2,1-2H3,(H,12,13)/t8-,9+/m1/s1. The molecule has 0 aromatic carbocycles. The molecule has 4 heteroatoms. The lowest BCUT2D eigenvalue weighted by atomic mass is 10.0. The fraction of sp³-hybridized carbons (Fsp3) is 0.900. The molecule has 1 saturated heterocycles. The number of ether oxygens (including phenoxy) is 1. The molecule has 0 amide bonds. The highest BCUT2D eigenvalue weighted by Crippen LogP contribution is 2.11. The second kappa shape index (κ2) is 5.32. The third-order valence-corrected chi connectivity index (χ3v) is 2.52. The Kier molecular flexibility index (Phi) is 4.35. The van der Waals surface area contributed by atoms with Gasteiger partial charge >= 0.3 is 5.97 Å². The van der Waals surface area contributed by atoms with Gasteiger partial charge < -0.3 is 15.2 Å². The van der Waals surface area contributed by atoms with Crippen molar-refractivity contribution in [2.45, 2.75) is 38.8 Å². The maximum Gasteiger partial charge on any atom is 0.320 e. The van der Waals surface area contributed by atoms with E-state index < -0.39 is 12.0 Å². The summed E-state index contributed by atoms with van der Waals surface area (Å²) in [5.74, 6) is -0.674. The van der Waals surface area contributed by atoms with Crippen LogP contribution in [0.1, 0.15) is 26.7 Å². The van der Waals surface area contributed by atoms with Gasteiger partial charge in [-0.15, -0.1) is 0 Å². The van der Waals surface area contributed by atoms with Crippen LogP contribution in [-0.4, -0.2) is 36.4 Å². The lowest BCUT2D eigenvalue weighted by molar-refractivity contribution is -0.140. The van der Waals surface area contributed by atoms with E-state index in [1.165, 1.54) is 0 Å². The minimum atomic E-state index is -0.780. The lowest BCUT2D eigenvalue weighted by Crippen LogP contribution is -2.44. The quantitative estimate of drug-likeness (QED) is 0.692. The highest BCUT2D eigenvalue weighted by Gasteiger charge is 2.23. The third kappa shape index (κ3) is 3.27. The summed E-state index contributed by atoms with van der Waals surface area (Å²) in [5, 5.41) is 12.0. The fourth-order valence-corrected chi connectivity index (χ4v) is 1.67. The summed E-state index contributed by atoms with van der Waals surface area (Å²) in [7, 11) is 0. The normalized spacial score (nSPS) is 24.1. The largest absolute Gasteiger partial charge is 0.480 e. The van der Waals surface area contributed by atoms with Crippen molar-refractivity contribution < 1.29 is 14.6 Å². The lowest BCUT2D eigenvalue weighted by Gasteiger charge is -2.19. The van der Waals surface area contributed by atoms with Gasteiger partial charge in [0.05, 0.1) is 6.10 Å². The van der Waals surface area contributed by atoms with Gasteiger partial charge in [0.2, 0.25) is 0 Å². The smallest absolute Gasteiger partial charge is 0.320 e. The molecule has 1 aliphatic heterocycles. The van der Waals surface area contributed by atoms with Crippen LogP contribution in [0.2, 0.25) is 0 Å². The number of hydrogen-bond donors (Lipinski definition) is 2. The van der Waals surface area contributed by atoms with E-state index in [0.717, 1.165) is 19.4 Å². The summed E-state index contributed by atoms with van der Waals surface area (Å²) in [6.45, 7) is 5.27. The van der Waals surface area contributed by atoms with Crippen LogP contribution in [0.3, 0.4) is 0 Å². The molecule has 1 rings (SSSR count). The SMILES string of the molecule is CC(C)[C@H](NC[C@H]1CCCO1)C(=O)O. The van der Waals surface area contributed by atoms with E-state index in [-0.39, 0.29) is 12.0 Å². The van der Waals surface area contributed by atoms with E-state index in [2.05, 4.69) is 5.32 Å². The summed E-state index contributed by atoms with van der Waals surface area (Å²) in [6, 6.07) is -0.459. The summed E-state index contributed by atoms with van der Waals surface area (Å²) in [6.07, 6.45) is 2.33. The first-order valence-corrected chi connectivity index (χ1v) is 5.19. The zero-order valence-corrected chi connectivity index (χ0v) is 8.82. The highest BCUT2D eigenvalue weighted by molar-refractivity contribution is 5.73.